The Bertz CT molecular complexity index is 542. The summed E-state index contributed by atoms with van der Waals surface area (Å²) in [6.45, 7) is -0.368. The molecule has 16 heavy (non-hydrogen) atoms. The molecule has 0 radical (unpaired) electrons. The van der Waals surface area contributed by atoms with Crippen LogP contribution in [0.15, 0.2) is 34.9 Å². The van der Waals surface area contributed by atoms with Gasteiger partial charge in [0, 0.05) is 16.1 Å². The van der Waals surface area contributed by atoms with Gasteiger partial charge in [0.15, 0.2) is 6.61 Å². The normalized spacial score (nSPS) is 10.3. The van der Waals surface area contributed by atoms with E-state index in [1.54, 1.807) is 18.3 Å². The van der Waals surface area contributed by atoms with Gasteiger partial charge in [0.1, 0.15) is 11.3 Å². The standard InChI is InChI=1S/C11H8BrNO3/c12-8-3-4-9(16-6-10(14)15)11-7(8)2-1-5-13-11/h1-5H,6H2,(H,14,15). The number of aromatic nitrogens is 1. The lowest BCUT2D eigenvalue weighted by Gasteiger charge is -2.07. The number of halogens is 1. The maximum Gasteiger partial charge on any atom is 0.341 e. The molecule has 0 aliphatic rings. The summed E-state index contributed by atoms with van der Waals surface area (Å²) in [6, 6.07) is 7.21. The van der Waals surface area contributed by atoms with E-state index < -0.39 is 5.97 Å². The fourth-order valence-electron chi connectivity index (χ4n) is 1.37. The molecule has 5 heteroatoms. The van der Waals surface area contributed by atoms with Gasteiger partial charge in [0.2, 0.25) is 0 Å². The van der Waals surface area contributed by atoms with Crippen LogP contribution in [0.3, 0.4) is 0 Å². The molecule has 0 aliphatic carbocycles. The van der Waals surface area contributed by atoms with Gasteiger partial charge in [0.05, 0.1) is 0 Å². The molecule has 2 rings (SSSR count). The van der Waals surface area contributed by atoms with Gasteiger partial charge in [-0.15, -0.1) is 0 Å². The molecule has 0 saturated carbocycles. The third kappa shape index (κ3) is 2.14. The monoisotopic (exact) mass is 281 g/mol. The summed E-state index contributed by atoms with van der Waals surface area (Å²) in [6.07, 6.45) is 1.64. The molecule has 1 aromatic heterocycles. The smallest absolute Gasteiger partial charge is 0.341 e. The van der Waals surface area contributed by atoms with Crippen molar-refractivity contribution in [2.75, 3.05) is 6.61 Å². The van der Waals surface area contributed by atoms with Crippen molar-refractivity contribution in [3.63, 3.8) is 0 Å². The van der Waals surface area contributed by atoms with Crippen molar-refractivity contribution in [3.8, 4) is 5.75 Å². The molecular weight excluding hydrogens is 274 g/mol. The molecule has 0 bridgehead atoms. The highest BCUT2D eigenvalue weighted by Crippen LogP contribution is 2.29. The Hall–Kier alpha value is -1.62. The molecular formula is C11H8BrNO3. The van der Waals surface area contributed by atoms with E-state index in [1.807, 2.05) is 12.1 Å². The van der Waals surface area contributed by atoms with Crippen LogP contribution >= 0.6 is 15.9 Å². The zero-order chi connectivity index (χ0) is 11.5. The van der Waals surface area contributed by atoms with E-state index in [-0.39, 0.29) is 6.61 Å². The summed E-state index contributed by atoms with van der Waals surface area (Å²) in [7, 11) is 0. The number of fused-ring (bicyclic) bond motifs is 1. The lowest BCUT2D eigenvalue weighted by molar-refractivity contribution is -0.139. The molecule has 0 saturated heterocycles. The van der Waals surface area contributed by atoms with E-state index in [1.165, 1.54) is 0 Å². The molecule has 0 spiro atoms. The molecule has 82 valence electrons. The predicted octanol–water partition coefficient (Wildman–Crippen LogP) is 2.46. The van der Waals surface area contributed by atoms with Crippen LogP contribution in [0.4, 0.5) is 0 Å². The lowest BCUT2D eigenvalue weighted by atomic mass is 10.2. The molecule has 4 nitrogen and oxygen atoms in total. The first kappa shape index (κ1) is 10.9. The minimum absolute atomic E-state index is 0.368. The van der Waals surface area contributed by atoms with Crippen LogP contribution in [0.1, 0.15) is 0 Å². The Morgan fingerprint density at radius 2 is 2.25 bits per heavy atom. The topological polar surface area (TPSA) is 59.4 Å². The largest absolute Gasteiger partial charge is 0.480 e. The second kappa shape index (κ2) is 4.49. The third-order valence-corrected chi connectivity index (χ3v) is 2.72. The summed E-state index contributed by atoms with van der Waals surface area (Å²) in [4.78, 5) is 14.6. The molecule has 2 aromatic rings. The van der Waals surface area contributed by atoms with E-state index in [0.717, 1.165) is 9.86 Å². The number of carbonyl (C=O) groups is 1. The summed E-state index contributed by atoms with van der Waals surface area (Å²) >= 11 is 3.40. The van der Waals surface area contributed by atoms with Crippen molar-refractivity contribution in [2.45, 2.75) is 0 Å². The lowest BCUT2D eigenvalue weighted by Crippen LogP contribution is -2.09. The van der Waals surface area contributed by atoms with Crippen LogP contribution in [0.5, 0.6) is 5.75 Å². The second-order valence-corrected chi connectivity index (χ2v) is 3.98. The fraction of sp³-hybridized carbons (Fsp3) is 0.0909. The zero-order valence-electron chi connectivity index (χ0n) is 8.18. The quantitative estimate of drug-likeness (QED) is 0.939. The summed E-state index contributed by atoms with van der Waals surface area (Å²) in [5, 5.41) is 9.44. The molecule has 0 fully saturated rings. The van der Waals surface area contributed by atoms with E-state index in [4.69, 9.17) is 9.84 Å². The number of hydrogen-bond acceptors (Lipinski definition) is 3. The minimum atomic E-state index is -1.01. The molecule has 0 amide bonds. The highest BCUT2D eigenvalue weighted by Gasteiger charge is 2.07. The number of pyridine rings is 1. The Labute approximate surface area is 100.0 Å². The average Bonchev–Trinajstić information content (AvgIpc) is 2.28. The van der Waals surface area contributed by atoms with Crippen molar-refractivity contribution in [1.29, 1.82) is 0 Å². The first-order chi connectivity index (χ1) is 7.68. The van der Waals surface area contributed by atoms with Crippen LogP contribution in [-0.4, -0.2) is 22.7 Å². The number of rotatable bonds is 3. The van der Waals surface area contributed by atoms with Gasteiger partial charge in [-0.05, 0) is 18.2 Å². The van der Waals surface area contributed by atoms with Crippen LogP contribution in [0, 0.1) is 0 Å². The number of hydrogen-bond donors (Lipinski definition) is 1. The zero-order valence-corrected chi connectivity index (χ0v) is 9.77. The molecule has 1 aromatic carbocycles. The summed E-state index contributed by atoms with van der Waals surface area (Å²) in [5.41, 5.74) is 0.651. The van der Waals surface area contributed by atoms with Gasteiger partial charge >= 0.3 is 5.97 Å². The van der Waals surface area contributed by atoms with E-state index >= 15 is 0 Å². The van der Waals surface area contributed by atoms with Crippen molar-refractivity contribution >= 4 is 32.8 Å². The van der Waals surface area contributed by atoms with E-state index in [9.17, 15) is 4.79 Å². The Morgan fingerprint density at radius 1 is 1.44 bits per heavy atom. The van der Waals surface area contributed by atoms with Crippen molar-refractivity contribution in [1.82, 2.24) is 4.98 Å². The highest BCUT2D eigenvalue weighted by molar-refractivity contribution is 9.10. The number of carboxylic acid groups (broad SMARTS) is 1. The maximum atomic E-state index is 10.4. The van der Waals surface area contributed by atoms with Gasteiger partial charge in [-0.1, -0.05) is 22.0 Å². The molecule has 1 heterocycles. The summed E-state index contributed by atoms with van der Waals surface area (Å²) < 4.78 is 6.05. The Morgan fingerprint density at radius 3 is 3.00 bits per heavy atom. The first-order valence-electron chi connectivity index (χ1n) is 4.56. The van der Waals surface area contributed by atoms with Gasteiger partial charge in [0.25, 0.3) is 0 Å². The summed E-state index contributed by atoms with van der Waals surface area (Å²) in [5.74, 6) is -0.534. The second-order valence-electron chi connectivity index (χ2n) is 3.13. The van der Waals surface area contributed by atoms with E-state index in [0.29, 0.717) is 11.3 Å². The fourth-order valence-corrected chi connectivity index (χ4v) is 1.82. The van der Waals surface area contributed by atoms with Crippen LogP contribution in [0.2, 0.25) is 0 Å². The molecule has 0 aliphatic heterocycles. The Kier molecular flexibility index (Phi) is 3.05. The van der Waals surface area contributed by atoms with Crippen molar-refractivity contribution < 1.29 is 14.6 Å². The number of benzene rings is 1. The maximum absolute atomic E-state index is 10.4. The predicted molar refractivity (Wildman–Crippen MR) is 62.6 cm³/mol. The average molecular weight is 282 g/mol. The van der Waals surface area contributed by atoms with Crippen LogP contribution in [-0.2, 0) is 4.79 Å². The number of ether oxygens (including phenoxy) is 1. The number of nitrogens with zero attached hydrogens (tertiary/aromatic N) is 1. The van der Waals surface area contributed by atoms with Gasteiger partial charge < -0.3 is 9.84 Å². The highest BCUT2D eigenvalue weighted by atomic mass is 79.9. The van der Waals surface area contributed by atoms with Gasteiger partial charge in [-0.25, -0.2) is 4.79 Å². The Balaban J connectivity index is 2.46. The van der Waals surface area contributed by atoms with Crippen LogP contribution < -0.4 is 4.74 Å². The van der Waals surface area contributed by atoms with Crippen molar-refractivity contribution in [2.24, 2.45) is 0 Å². The number of aliphatic carboxylic acids is 1. The first-order valence-corrected chi connectivity index (χ1v) is 5.35. The molecule has 0 unspecified atom stereocenters. The van der Waals surface area contributed by atoms with Crippen molar-refractivity contribution in [3.05, 3.63) is 34.9 Å². The van der Waals surface area contributed by atoms with Gasteiger partial charge in [-0.2, -0.15) is 0 Å². The van der Waals surface area contributed by atoms with Crippen LogP contribution in [0.25, 0.3) is 10.9 Å². The minimum Gasteiger partial charge on any atom is -0.480 e. The molecule has 1 N–H and O–H groups in total. The third-order valence-electron chi connectivity index (χ3n) is 2.03. The van der Waals surface area contributed by atoms with E-state index in [2.05, 4.69) is 20.9 Å². The van der Waals surface area contributed by atoms with Gasteiger partial charge in [-0.3, -0.25) is 4.98 Å². The number of carboxylic acids is 1. The molecule has 0 atom stereocenters. The SMILES string of the molecule is O=C(O)COc1ccc(Br)c2cccnc12.